The third-order valence-electron chi connectivity index (χ3n) is 4.50. The third-order valence-corrected chi connectivity index (χ3v) is 4.50. The highest BCUT2D eigenvalue weighted by atomic mass is 19.4. The first-order valence-electron chi connectivity index (χ1n) is 9.78. The van der Waals surface area contributed by atoms with Crippen LogP contribution < -0.4 is 14.8 Å². The van der Waals surface area contributed by atoms with Gasteiger partial charge in [0, 0.05) is 11.3 Å². The van der Waals surface area contributed by atoms with Gasteiger partial charge in [-0.05, 0) is 43.3 Å². The summed E-state index contributed by atoms with van der Waals surface area (Å²) in [5.41, 5.74) is -0.0644. The van der Waals surface area contributed by atoms with Crippen molar-refractivity contribution in [3.05, 3.63) is 48.0 Å². The van der Waals surface area contributed by atoms with Crippen molar-refractivity contribution in [3.8, 4) is 22.9 Å². The monoisotopic (exact) mass is 448 g/mol. The number of nitrogens with one attached hydrogen (secondary N) is 1. The fourth-order valence-corrected chi connectivity index (χ4v) is 3.13. The summed E-state index contributed by atoms with van der Waals surface area (Å²) in [6, 6.07) is 9.82. The van der Waals surface area contributed by atoms with E-state index in [2.05, 4.69) is 15.4 Å². The van der Waals surface area contributed by atoms with Crippen molar-refractivity contribution in [2.75, 3.05) is 25.1 Å². The summed E-state index contributed by atoms with van der Waals surface area (Å²) in [6.07, 6.45) is -4.48. The number of anilines is 2. The Bertz CT molecular complexity index is 1130. The first-order valence-corrected chi connectivity index (χ1v) is 9.78. The molecule has 11 heteroatoms. The van der Waals surface area contributed by atoms with Crippen molar-refractivity contribution < 1.29 is 32.2 Å². The van der Waals surface area contributed by atoms with Crippen LogP contribution in [0, 0.1) is 0 Å². The van der Waals surface area contributed by atoms with Gasteiger partial charge in [-0.15, -0.1) is 5.10 Å². The van der Waals surface area contributed by atoms with Gasteiger partial charge in [0.05, 0.1) is 12.2 Å². The number of benzene rings is 2. The van der Waals surface area contributed by atoms with Gasteiger partial charge in [-0.25, -0.2) is 4.68 Å². The number of rotatable bonds is 6. The minimum absolute atomic E-state index is 0.0264. The average molecular weight is 448 g/mol. The van der Waals surface area contributed by atoms with Crippen LogP contribution in [0.25, 0.3) is 11.4 Å². The average Bonchev–Trinajstić information content (AvgIpc) is 3.15. The Kier molecular flexibility index (Phi) is 5.89. The van der Waals surface area contributed by atoms with Crippen molar-refractivity contribution in [2.45, 2.75) is 19.6 Å². The smallest absolute Gasteiger partial charge is 0.416 e. The molecular formula is C21H19F3N4O4. The van der Waals surface area contributed by atoms with E-state index in [4.69, 9.17) is 14.2 Å². The molecule has 0 bridgehead atoms. The van der Waals surface area contributed by atoms with Gasteiger partial charge in [0.15, 0.2) is 17.3 Å². The molecule has 3 aromatic rings. The molecule has 0 aliphatic carbocycles. The molecule has 0 saturated carbocycles. The van der Waals surface area contributed by atoms with E-state index in [1.807, 2.05) is 0 Å². The van der Waals surface area contributed by atoms with E-state index in [1.54, 1.807) is 25.1 Å². The number of aromatic nitrogens is 3. The summed E-state index contributed by atoms with van der Waals surface area (Å²) in [4.78, 5) is 16.4. The second-order valence-electron chi connectivity index (χ2n) is 6.78. The maximum Gasteiger partial charge on any atom is 0.416 e. The molecule has 0 radical (unpaired) electrons. The van der Waals surface area contributed by atoms with E-state index in [0.29, 0.717) is 36.1 Å². The van der Waals surface area contributed by atoms with Crippen molar-refractivity contribution in [1.82, 2.24) is 14.8 Å². The standard InChI is InChI=1S/C21H19F3N4O4/c1-2-30-18(29)12-28-19(13-6-7-16-17(10-13)32-9-8-31-16)26-20(27-28)25-15-5-3-4-14(11-15)21(22,23)24/h3-7,10-11H,2,8-9,12H2,1H3,(H,25,27). The van der Waals surface area contributed by atoms with Gasteiger partial charge in [0.25, 0.3) is 0 Å². The number of alkyl halides is 3. The van der Waals surface area contributed by atoms with Gasteiger partial charge in [-0.1, -0.05) is 6.07 Å². The lowest BCUT2D eigenvalue weighted by Crippen LogP contribution is -2.16. The lowest BCUT2D eigenvalue weighted by atomic mass is 10.2. The van der Waals surface area contributed by atoms with E-state index in [1.165, 1.54) is 16.8 Å². The van der Waals surface area contributed by atoms with Gasteiger partial charge in [0.1, 0.15) is 19.8 Å². The molecule has 1 aromatic heterocycles. The minimum Gasteiger partial charge on any atom is -0.486 e. The number of halogens is 3. The predicted octanol–water partition coefficient (Wildman–Crippen LogP) is 4.04. The lowest BCUT2D eigenvalue weighted by Gasteiger charge is -2.18. The summed E-state index contributed by atoms with van der Waals surface area (Å²) in [6.45, 7) is 2.49. The topological polar surface area (TPSA) is 87.5 Å². The molecule has 2 aromatic carbocycles. The Balaban J connectivity index is 1.67. The number of esters is 1. The van der Waals surface area contributed by atoms with E-state index < -0.39 is 17.7 Å². The molecule has 32 heavy (non-hydrogen) atoms. The highest BCUT2D eigenvalue weighted by molar-refractivity contribution is 5.71. The van der Waals surface area contributed by atoms with E-state index >= 15 is 0 Å². The Morgan fingerprint density at radius 1 is 1.16 bits per heavy atom. The number of carbonyl (C=O) groups is 1. The fourth-order valence-electron chi connectivity index (χ4n) is 3.13. The molecule has 0 saturated heterocycles. The highest BCUT2D eigenvalue weighted by Crippen LogP contribution is 2.35. The summed E-state index contributed by atoms with van der Waals surface area (Å²) in [5, 5.41) is 7.01. The van der Waals surface area contributed by atoms with E-state index in [9.17, 15) is 18.0 Å². The summed E-state index contributed by atoms with van der Waals surface area (Å²) in [5.74, 6) is 0.912. The van der Waals surface area contributed by atoms with Gasteiger partial charge >= 0.3 is 12.1 Å². The van der Waals surface area contributed by atoms with Crippen LogP contribution in [0.1, 0.15) is 12.5 Å². The lowest BCUT2D eigenvalue weighted by molar-refractivity contribution is -0.144. The highest BCUT2D eigenvalue weighted by Gasteiger charge is 2.30. The normalized spacial score (nSPS) is 13.0. The summed E-state index contributed by atoms with van der Waals surface area (Å²) >= 11 is 0. The number of ether oxygens (including phenoxy) is 3. The van der Waals surface area contributed by atoms with Crippen molar-refractivity contribution >= 4 is 17.6 Å². The van der Waals surface area contributed by atoms with Crippen LogP contribution in [0.4, 0.5) is 24.8 Å². The Morgan fingerprint density at radius 3 is 2.69 bits per heavy atom. The summed E-state index contributed by atoms with van der Waals surface area (Å²) in [7, 11) is 0. The number of nitrogens with zero attached hydrogens (tertiary/aromatic N) is 3. The predicted molar refractivity (Wildman–Crippen MR) is 108 cm³/mol. The van der Waals surface area contributed by atoms with Crippen molar-refractivity contribution in [1.29, 1.82) is 0 Å². The summed E-state index contributed by atoms with van der Waals surface area (Å²) < 4.78 is 56.5. The van der Waals surface area contributed by atoms with Gasteiger partial charge in [0.2, 0.25) is 5.95 Å². The maximum absolute atomic E-state index is 13.0. The van der Waals surface area contributed by atoms with E-state index in [-0.39, 0.29) is 24.8 Å². The molecule has 8 nitrogen and oxygen atoms in total. The van der Waals surface area contributed by atoms with Gasteiger partial charge in [-0.3, -0.25) is 4.79 Å². The molecule has 2 heterocycles. The van der Waals surface area contributed by atoms with Gasteiger partial charge < -0.3 is 19.5 Å². The Morgan fingerprint density at radius 2 is 1.94 bits per heavy atom. The van der Waals surface area contributed by atoms with Crippen LogP contribution in [-0.4, -0.2) is 40.6 Å². The van der Waals surface area contributed by atoms with Crippen LogP contribution in [0.5, 0.6) is 11.5 Å². The molecule has 0 fully saturated rings. The molecule has 1 N–H and O–H groups in total. The van der Waals surface area contributed by atoms with Crippen LogP contribution in [-0.2, 0) is 22.3 Å². The van der Waals surface area contributed by atoms with Crippen LogP contribution in [0.2, 0.25) is 0 Å². The Hall–Kier alpha value is -3.76. The molecule has 168 valence electrons. The number of fused-ring (bicyclic) bond motifs is 1. The largest absolute Gasteiger partial charge is 0.486 e. The zero-order chi connectivity index (χ0) is 22.7. The zero-order valence-electron chi connectivity index (χ0n) is 17.0. The van der Waals surface area contributed by atoms with Crippen molar-refractivity contribution in [3.63, 3.8) is 0 Å². The van der Waals surface area contributed by atoms with E-state index in [0.717, 1.165) is 12.1 Å². The van der Waals surface area contributed by atoms with Gasteiger partial charge in [-0.2, -0.15) is 18.2 Å². The quantitative estimate of drug-likeness (QED) is 0.570. The maximum atomic E-state index is 13.0. The molecule has 1 aliphatic rings. The van der Waals surface area contributed by atoms with Crippen LogP contribution in [0.3, 0.4) is 0 Å². The molecule has 1 aliphatic heterocycles. The molecule has 0 atom stereocenters. The molecule has 0 amide bonds. The molecule has 4 rings (SSSR count). The number of hydrogen-bond donors (Lipinski definition) is 1. The Labute approximate surface area is 180 Å². The van der Waals surface area contributed by atoms with Crippen LogP contribution >= 0.6 is 0 Å². The van der Waals surface area contributed by atoms with Crippen molar-refractivity contribution in [2.24, 2.45) is 0 Å². The minimum atomic E-state index is -4.48. The zero-order valence-corrected chi connectivity index (χ0v) is 17.0. The van der Waals surface area contributed by atoms with Crippen LogP contribution in [0.15, 0.2) is 42.5 Å². The fraction of sp³-hybridized carbons (Fsp3) is 0.286. The molecule has 0 spiro atoms. The molecular weight excluding hydrogens is 429 g/mol. The second kappa shape index (κ2) is 8.77. The second-order valence-corrected chi connectivity index (χ2v) is 6.78. The first-order chi connectivity index (χ1) is 15.3. The number of carbonyl (C=O) groups excluding carboxylic acids is 1. The first kappa shape index (κ1) is 21.5. The number of hydrogen-bond acceptors (Lipinski definition) is 7. The third kappa shape index (κ3) is 4.76. The molecule has 0 unspecified atom stereocenters. The SMILES string of the molecule is CCOC(=O)Cn1nc(Nc2cccc(C(F)(F)F)c2)nc1-c1ccc2c(c1)OCCO2.